The fourth-order valence-corrected chi connectivity index (χ4v) is 1.94. The van der Waals surface area contributed by atoms with E-state index in [1.165, 1.54) is 6.42 Å². The van der Waals surface area contributed by atoms with Crippen LogP contribution < -0.4 is 10.1 Å². The number of phenolic OH excluding ortho intramolecular Hbond substituents is 1. The van der Waals surface area contributed by atoms with Crippen LogP contribution in [0.1, 0.15) is 24.4 Å². The van der Waals surface area contributed by atoms with Crippen molar-refractivity contribution in [2.45, 2.75) is 18.9 Å². The molecule has 1 aromatic carbocycles. The van der Waals surface area contributed by atoms with Gasteiger partial charge in [-0.25, -0.2) is 0 Å². The van der Waals surface area contributed by atoms with Gasteiger partial charge < -0.3 is 15.2 Å². The van der Waals surface area contributed by atoms with Gasteiger partial charge >= 0.3 is 0 Å². The molecule has 3 heteroatoms. The molecule has 2 N–H and O–H groups in total. The average Bonchev–Trinajstić information content (AvgIpc) is 2.70. The van der Waals surface area contributed by atoms with Crippen LogP contribution in [-0.2, 0) is 0 Å². The molecule has 2 rings (SSSR count). The number of nitrogens with one attached hydrogen (secondary N) is 1. The van der Waals surface area contributed by atoms with Crippen LogP contribution in [0.4, 0.5) is 0 Å². The van der Waals surface area contributed by atoms with Gasteiger partial charge in [0.2, 0.25) is 0 Å². The fraction of sp³-hybridized carbons (Fsp3) is 0.455. The van der Waals surface area contributed by atoms with E-state index in [1.54, 1.807) is 19.2 Å². The van der Waals surface area contributed by atoms with Gasteiger partial charge in [0.15, 0.2) is 0 Å². The van der Waals surface area contributed by atoms with Gasteiger partial charge in [0.25, 0.3) is 0 Å². The summed E-state index contributed by atoms with van der Waals surface area (Å²) in [6.45, 7) is 1.05. The number of hydrogen-bond donors (Lipinski definition) is 2. The monoisotopic (exact) mass is 193 g/mol. The van der Waals surface area contributed by atoms with Gasteiger partial charge in [0.05, 0.1) is 7.11 Å². The first-order valence-electron chi connectivity index (χ1n) is 4.91. The van der Waals surface area contributed by atoms with Crippen molar-refractivity contribution in [1.82, 2.24) is 5.32 Å². The second kappa shape index (κ2) is 3.88. The summed E-state index contributed by atoms with van der Waals surface area (Å²) in [5.41, 5.74) is 1.06. The summed E-state index contributed by atoms with van der Waals surface area (Å²) in [6, 6.07) is 5.57. The van der Waals surface area contributed by atoms with Crippen molar-refractivity contribution in [3.63, 3.8) is 0 Å². The van der Waals surface area contributed by atoms with Crippen LogP contribution in [0.3, 0.4) is 0 Å². The summed E-state index contributed by atoms with van der Waals surface area (Å²) in [5.74, 6) is 1.15. The lowest BCUT2D eigenvalue weighted by Crippen LogP contribution is -2.13. The molecule has 14 heavy (non-hydrogen) atoms. The number of hydrogen-bond acceptors (Lipinski definition) is 3. The molecular formula is C11H15NO2. The maximum atomic E-state index is 9.41. The predicted octanol–water partition coefficient (Wildman–Crippen LogP) is 1.83. The highest BCUT2D eigenvalue weighted by Crippen LogP contribution is 2.33. The Balaban J connectivity index is 2.33. The lowest BCUT2D eigenvalue weighted by Gasteiger charge is -2.14. The SMILES string of the molecule is COc1ccc(O)cc1[C@@H]1CCCN1. The molecule has 1 fully saturated rings. The number of aromatic hydroxyl groups is 1. The Morgan fingerprint density at radius 1 is 1.50 bits per heavy atom. The third-order valence-corrected chi connectivity index (χ3v) is 2.65. The Bertz CT molecular complexity index is 319. The minimum absolute atomic E-state index is 0.300. The molecule has 0 radical (unpaired) electrons. The molecule has 0 aliphatic carbocycles. The topological polar surface area (TPSA) is 41.5 Å². The van der Waals surface area contributed by atoms with Crippen LogP contribution in [0.5, 0.6) is 11.5 Å². The van der Waals surface area contributed by atoms with Crippen molar-refractivity contribution in [3.8, 4) is 11.5 Å². The average molecular weight is 193 g/mol. The summed E-state index contributed by atoms with van der Waals surface area (Å²) in [5, 5.41) is 12.8. The van der Waals surface area contributed by atoms with Gasteiger partial charge in [0, 0.05) is 11.6 Å². The molecular weight excluding hydrogens is 178 g/mol. The van der Waals surface area contributed by atoms with E-state index >= 15 is 0 Å². The third-order valence-electron chi connectivity index (χ3n) is 2.65. The Kier molecular flexibility index (Phi) is 2.59. The number of ether oxygens (including phenoxy) is 1. The van der Waals surface area contributed by atoms with Gasteiger partial charge in [0.1, 0.15) is 11.5 Å². The van der Waals surface area contributed by atoms with Gasteiger partial charge in [-0.1, -0.05) is 0 Å². The van der Waals surface area contributed by atoms with Crippen molar-refractivity contribution >= 4 is 0 Å². The summed E-state index contributed by atoms with van der Waals surface area (Å²) >= 11 is 0. The maximum Gasteiger partial charge on any atom is 0.123 e. The van der Waals surface area contributed by atoms with E-state index < -0.39 is 0 Å². The van der Waals surface area contributed by atoms with Crippen LogP contribution in [0, 0.1) is 0 Å². The molecule has 3 nitrogen and oxygen atoms in total. The highest BCUT2D eigenvalue weighted by molar-refractivity contribution is 5.41. The molecule has 0 unspecified atom stereocenters. The highest BCUT2D eigenvalue weighted by atomic mass is 16.5. The van der Waals surface area contributed by atoms with Crippen LogP contribution in [0.15, 0.2) is 18.2 Å². The molecule has 1 aromatic rings. The molecule has 1 aliphatic heterocycles. The molecule has 1 aliphatic rings. The zero-order valence-electron chi connectivity index (χ0n) is 8.29. The lowest BCUT2D eigenvalue weighted by atomic mass is 10.0. The quantitative estimate of drug-likeness (QED) is 0.752. The van der Waals surface area contributed by atoms with E-state index in [9.17, 15) is 5.11 Å². The number of benzene rings is 1. The number of phenols is 1. The van der Waals surface area contributed by atoms with E-state index in [0.717, 1.165) is 24.3 Å². The Morgan fingerprint density at radius 3 is 3.00 bits per heavy atom. The van der Waals surface area contributed by atoms with Gasteiger partial charge in [-0.15, -0.1) is 0 Å². The van der Waals surface area contributed by atoms with E-state index in [-0.39, 0.29) is 0 Å². The number of methoxy groups -OCH3 is 1. The third kappa shape index (κ3) is 1.68. The predicted molar refractivity (Wildman–Crippen MR) is 54.6 cm³/mol. The largest absolute Gasteiger partial charge is 0.508 e. The van der Waals surface area contributed by atoms with Gasteiger partial charge in [-0.05, 0) is 37.6 Å². The van der Waals surface area contributed by atoms with Gasteiger partial charge in [-0.3, -0.25) is 0 Å². The first kappa shape index (κ1) is 9.34. The second-order valence-corrected chi connectivity index (χ2v) is 3.58. The van der Waals surface area contributed by atoms with E-state index in [2.05, 4.69) is 5.32 Å². The first-order valence-corrected chi connectivity index (χ1v) is 4.91. The van der Waals surface area contributed by atoms with Crippen LogP contribution in [0.25, 0.3) is 0 Å². The molecule has 0 saturated carbocycles. The molecule has 0 bridgehead atoms. The Morgan fingerprint density at radius 2 is 2.36 bits per heavy atom. The zero-order valence-corrected chi connectivity index (χ0v) is 8.29. The van der Waals surface area contributed by atoms with E-state index in [1.807, 2.05) is 6.07 Å². The summed E-state index contributed by atoms with van der Waals surface area (Å²) in [4.78, 5) is 0. The molecule has 1 heterocycles. The Labute approximate surface area is 83.7 Å². The fourth-order valence-electron chi connectivity index (χ4n) is 1.94. The minimum atomic E-state index is 0.300. The van der Waals surface area contributed by atoms with Gasteiger partial charge in [-0.2, -0.15) is 0 Å². The summed E-state index contributed by atoms with van der Waals surface area (Å²) < 4.78 is 5.26. The maximum absolute atomic E-state index is 9.41. The normalized spacial score (nSPS) is 21.1. The minimum Gasteiger partial charge on any atom is -0.508 e. The smallest absolute Gasteiger partial charge is 0.123 e. The van der Waals surface area contributed by atoms with Crippen LogP contribution in [-0.4, -0.2) is 18.8 Å². The van der Waals surface area contributed by atoms with Crippen LogP contribution in [0.2, 0.25) is 0 Å². The Hall–Kier alpha value is -1.22. The van der Waals surface area contributed by atoms with E-state index in [0.29, 0.717) is 11.8 Å². The van der Waals surface area contributed by atoms with Crippen molar-refractivity contribution in [1.29, 1.82) is 0 Å². The zero-order chi connectivity index (χ0) is 9.97. The molecule has 76 valence electrons. The number of rotatable bonds is 2. The van der Waals surface area contributed by atoms with Crippen molar-refractivity contribution in [2.75, 3.05) is 13.7 Å². The lowest BCUT2D eigenvalue weighted by molar-refractivity contribution is 0.400. The summed E-state index contributed by atoms with van der Waals surface area (Å²) in [6.07, 6.45) is 2.29. The van der Waals surface area contributed by atoms with Crippen molar-refractivity contribution < 1.29 is 9.84 Å². The van der Waals surface area contributed by atoms with Crippen molar-refractivity contribution in [2.24, 2.45) is 0 Å². The molecule has 1 atom stereocenters. The molecule has 0 aromatic heterocycles. The first-order chi connectivity index (χ1) is 6.81. The molecule has 0 amide bonds. The van der Waals surface area contributed by atoms with Crippen LogP contribution >= 0.6 is 0 Å². The van der Waals surface area contributed by atoms with E-state index in [4.69, 9.17) is 4.74 Å². The summed E-state index contributed by atoms with van der Waals surface area (Å²) in [7, 11) is 1.66. The standard InChI is InChI=1S/C11H15NO2/c1-14-11-5-4-8(13)7-9(11)10-3-2-6-12-10/h4-5,7,10,12-13H,2-3,6H2,1H3/t10-/m0/s1. The second-order valence-electron chi connectivity index (χ2n) is 3.58. The molecule has 0 spiro atoms. The van der Waals surface area contributed by atoms with Crippen molar-refractivity contribution in [3.05, 3.63) is 23.8 Å². The highest BCUT2D eigenvalue weighted by Gasteiger charge is 2.19. The molecule has 1 saturated heterocycles.